The SMILES string of the molecule is C=CCOC[C@@H](O)CN(Cc1c(-c2ccccc2)nn(C)c1Oc1ccccc1F)C1CC1. The van der Waals surface area contributed by atoms with Gasteiger partial charge in [0.2, 0.25) is 5.88 Å². The van der Waals surface area contributed by atoms with Crippen LogP contribution in [0.25, 0.3) is 11.3 Å². The maximum Gasteiger partial charge on any atom is 0.222 e. The van der Waals surface area contributed by atoms with Crippen molar-refractivity contribution >= 4 is 0 Å². The van der Waals surface area contributed by atoms with E-state index in [9.17, 15) is 9.50 Å². The summed E-state index contributed by atoms with van der Waals surface area (Å²) < 4.78 is 27.5. The van der Waals surface area contributed by atoms with Crippen LogP contribution in [0, 0.1) is 5.82 Å². The molecule has 1 heterocycles. The van der Waals surface area contributed by atoms with Crippen LogP contribution in [0.5, 0.6) is 11.6 Å². The van der Waals surface area contributed by atoms with Crippen LogP contribution in [-0.4, -0.2) is 51.7 Å². The molecule has 0 unspecified atom stereocenters. The van der Waals surface area contributed by atoms with E-state index >= 15 is 0 Å². The Bertz CT molecular complexity index is 1070. The van der Waals surface area contributed by atoms with Crippen molar-refractivity contribution in [2.24, 2.45) is 7.05 Å². The van der Waals surface area contributed by atoms with Gasteiger partial charge in [0.15, 0.2) is 11.6 Å². The largest absolute Gasteiger partial charge is 0.436 e. The Kier molecular flexibility index (Phi) is 7.54. The topological polar surface area (TPSA) is 59.8 Å². The summed E-state index contributed by atoms with van der Waals surface area (Å²) in [7, 11) is 1.80. The second-order valence-electron chi connectivity index (χ2n) is 8.30. The van der Waals surface area contributed by atoms with E-state index in [1.165, 1.54) is 6.07 Å². The lowest BCUT2D eigenvalue weighted by Crippen LogP contribution is -2.36. The summed E-state index contributed by atoms with van der Waals surface area (Å²) in [6.07, 6.45) is 3.19. The van der Waals surface area contributed by atoms with Gasteiger partial charge in [0.25, 0.3) is 0 Å². The molecule has 174 valence electrons. The molecule has 6 nitrogen and oxygen atoms in total. The Hall–Kier alpha value is -3.00. The molecule has 0 aliphatic heterocycles. The van der Waals surface area contributed by atoms with Gasteiger partial charge in [-0.15, -0.1) is 6.58 Å². The molecule has 0 saturated heterocycles. The van der Waals surface area contributed by atoms with Crippen LogP contribution < -0.4 is 4.74 Å². The van der Waals surface area contributed by atoms with E-state index in [1.807, 2.05) is 30.3 Å². The van der Waals surface area contributed by atoms with Crippen LogP contribution in [0.2, 0.25) is 0 Å². The Morgan fingerprint density at radius 2 is 1.94 bits per heavy atom. The number of halogens is 1. The smallest absolute Gasteiger partial charge is 0.222 e. The van der Waals surface area contributed by atoms with Crippen molar-refractivity contribution in [2.45, 2.75) is 31.5 Å². The molecule has 1 fully saturated rings. The normalized spacial score (nSPS) is 14.4. The molecule has 3 aromatic rings. The Balaban J connectivity index is 1.65. The summed E-state index contributed by atoms with van der Waals surface area (Å²) in [5.41, 5.74) is 2.60. The van der Waals surface area contributed by atoms with E-state index in [0.717, 1.165) is 29.7 Å². The minimum atomic E-state index is -0.627. The van der Waals surface area contributed by atoms with E-state index in [0.29, 0.717) is 31.6 Å². The highest BCUT2D eigenvalue weighted by molar-refractivity contribution is 5.65. The minimum Gasteiger partial charge on any atom is -0.436 e. The van der Waals surface area contributed by atoms with Crippen LogP contribution in [0.4, 0.5) is 4.39 Å². The Labute approximate surface area is 193 Å². The number of aliphatic hydroxyl groups is 1. The monoisotopic (exact) mass is 451 g/mol. The van der Waals surface area contributed by atoms with E-state index in [-0.39, 0.29) is 12.4 Å². The average Bonchev–Trinajstić information content (AvgIpc) is 3.62. The first-order chi connectivity index (χ1) is 16.1. The molecule has 1 saturated carbocycles. The first-order valence-electron chi connectivity index (χ1n) is 11.2. The van der Waals surface area contributed by atoms with E-state index in [4.69, 9.17) is 14.6 Å². The van der Waals surface area contributed by atoms with Gasteiger partial charge in [-0.2, -0.15) is 5.10 Å². The van der Waals surface area contributed by atoms with Gasteiger partial charge in [-0.3, -0.25) is 4.90 Å². The fourth-order valence-corrected chi connectivity index (χ4v) is 3.88. The highest BCUT2D eigenvalue weighted by atomic mass is 19.1. The Morgan fingerprint density at radius 3 is 2.64 bits per heavy atom. The third kappa shape index (κ3) is 5.87. The van der Waals surface area contributed by atoms with Crippen LogP contribution in [-0.2, 0) is 18.3 Å². The van der Waals surface area contributed by atoms with E-state index in [2.05, 4.69) is 11.5 Å². The third-order valence-corrected chi connectivity index (χ3v) is 5.59. The number of hydrogen-bond donors (Lipinski definition) is 1. The van der Waals surface area contributed by atoms with Crippen molar-refractivity contribution < 1.29 is 19.0 Å². The number of aromatic nitrogens is 2. The molecule has 1 aromatic heterocycles. The quantitative estimate of drug-likeness (QED) is 0.324. The molecule has 0 amide bonds. The lowest BCUT2D eigenvalue weighted by Gasteiger charge is -2.25. The van der Waals surface area contributed by atoms with Gasteiger partial charge in [-0.1, -0.05) is 48.5 Å². The Morgan fingerprint density at radius 1 is 1.21 bits per heavy atom. The predicted molar refractivity (Wildman–Crippen MR) is 126 cm³/mol. The molecule has 1 aliphatic carbocycles. The molecule has 1 aliphatic rings. The van der Waals surface area contributed by atoms with Gasteiger partial charge < -0.3 is 14.6 Å². The molecule has 4 rings (SSSR count). The first kappa shape index (κ1) is 23.2. The number of rotatable bonds is 12. The van der Waals surface area contributed by atoms with Crippen LogP contribution in [0.15, 0.2) is 67.3 Å². The maximum absolute atomic E-state index is 14.4. The third-order valence-electron chi connectivity index (χ3n) is 5.59. The lowest BCUT2D eigenvalue weighted by atomic mass is 10.1. The standard InChI is InChI=1S/C26H30FN3O3/c1-3-15-32-18-21(31)16-30(20-13-14-20)17-22-25(19-9-5-4-6-10-19)28-29(2)26(22)33-24-12-8-7-11-23(24)27/h3-12,20-21,31H,1,13-18H2,2H3/t21-/m0/s1. The summed E-state index contributed by atoms with van der Waals surface area (Å²) >= 11 is 0. The summed E-state index contributed by atoms with van der Waals surface area (Å²) in [6.45, 7) is 5.27. The zero-order valence-electron chi connectivity index (χ0n) is 18.9. The number of ether oxygens (including phenoxy) is 2. The average molecular weight is 452 g/mol. The van der Waals surface area contributed by atoms with Gasteiger partial charge in [-0.25, -0.2) is 9.07 Å². The van der Waals surface area contributed by atoms with Crippen molar-refractivity contribution in [3.05, 3.63) is 78.6 Å². The minimum absolute atomic E-state index is 0.150. The van der Waals surface area contributed by atoms with Gasteiger partial charge in [0.1, 0.15) is 5.69 Å². The summed E-state index contributed by atoms with van der Waals surface area (Å²) in [5, 5.41) is 15.3. The van der Waals surface area contributed by atoms with Crippen molar-refractivity contribution in [3.8, 4) is 22.9 Å². The number of aryl methyl sites for hydroxylation is 1. The first-order valence-corrected chi connectivity index (χ1v) is 11.2. The van der Waals surface area contributed by atoms with Gasteiger partial charge >= 0.3 is 0 Å². The molecule has 7 heteroatoms. The van der Waals surface area contributed by atoms with Crippen LogP contribution in [0.1, 0.15) is 18.4 Å². The van der Waals surface area contributed by atoms with Crippen LogP contribution >= 0.6 is 0 Å². The maximum atomic E-state index is 14.4. The number of benzene rings is 2. The zero-order chi connectivity index (χ0) is 23.2. The molecule has 0 spiro atoms. The molecule has 1 N–H and O–H groups in total. The van der Waals surface area contributed by atoms with Gasteiger partial charge in [0, 0.05) is 31.7 Å². The van der Waals surface area contributed by atoms with E-state index in [1.54, 1.807) is 36.0 Å². The summed E-state index contributed by atoms with van der Waals surface area (Å²) in [4.78, 5) is 2.24. The van der Waals surface area contributed by atoms with Gasteiger partial charge in [-0.05, 0) is 25.0 Å². The fraction of sp³-hybridized carbons (Fsp3) is 0.346. The number of hydrogen-bond acceptors (Lipinski definition) is 5. The number of nitrogens with zero attached hydrogens (tertiary/aromatic N) is 3. The number of para-hydroxylation sites is 1. The van der Waals surface area contributed by atoms with Gasteiger partial charge in [0.05, 0.1) is 24.9 Å². The summed E-state index contributed by atoms with van der Waals surface area (Å²) in [5.74, 6) is 0.207. The van der Waals surface area contributed by atoms with Crippen LogP contribution in [0.3, 0.4) is 0 Å². The summed E-state index contributed by atoms with van der Waals surface area (Å²) in [6, 6.07) is 16.6. The molecule has 1 atom stereocenters. The van der Waals surface area contributed by atoms with Crippen molar-refractivity contribution in [1.82, 2.24) is 14.7 Å². The molecular formula is C26H30FN3O3. The molecular weight excluding hydrogens is 421 g/mol. The molecule has 2 aromatic carbocycles. The second-order valence-corrected chi connectivity index (χ2v) is 8.30. The highest BCUT2D eigenvalue weighted by Crippen LogP contribution is 2.37. The van der Waals surface area contributed by atoms with Crippen molar-refractivity contribution in [1.29, 1.82) is 0 Å². The van der Waals surface area contributed by atoms with E-state index < -0.39 is 11.9 Å². The molecule has 33 heavy (non-hydrogen) atoms. The number of aliphatic hydroxyl groups excluding tert-OH is 1. The zero-order valence-corrected chi connectivity index (χ0v) is 18.9. The molecule has 0 bridgehead atoms. The van der Waals surface area contributed by atoms with Crippen molar-refractivity contribution in [3.63, 3.8) is 0 Å². The lowest BCUT2D eigenvalue weighted by molar-refractivity contribution is 0.0227. The highest BCUT2D eigenvalue weighted by Gasteiger charge is 2.33. The fourth-order valence-electron chi connectivity index (χ4n) is 3.88. The van der Waals surface area contributed by atoms with Crippen molar-refractivity contribution in [2.75, 3.05) is 19.8 Å². The second kappa shape index (κ2) is 10.7. The predicted octanol–water partition coefficient (Wildman–Crippen LogP) is 4.55. The molecule has 0 radical (unpaired) electrons.